The molecule has 0 spiro atoms. The van der Waals surface area contributed by atoms with Gasteiger partial charge in [0.15, 0.2) is 0 Å². The van der Waals surface area contributed by atoms with Gasteiger partial charge in [-0.1, -0.05) is 31.5 Å². The highest BCUT2D eigenvalue weighted by Gasteiger charge is 2.47. The van der Waals surface area contributed by atoms with E-state index in [1.807, 2.05) is 0 Å². The number of hydrogen-bond acceptors (Lipinski definition) is 4. The smallest absolute Gasteiger partial charge is 0.394 e. The van der Waals surface area contributed by atoms with E-state index < -0.39 is 18.2 Å². The van der Waals surface area contributed by atoms with Gasteiger partial charge in [-0.2, -0.15) is 36.6 Å². The van der Waals surface area contributed by atoms with Gasteiger partial charge in [0.25, 0.3) is 0 Å². The van der Waals surface area contributed by atoms with E-state index >= 15 is 0 Å². The summed E-state index contributed by atoms with van der Waals surface area (Å²) in [5.74, 6) is -0.243. The third kappa shape index (κ3) is 6.27. The third-order valence-electron chi connectivity index (χ3n) is 4.02. The molecule has 0 amide bonds. The van der Waals surface area contributed by atoms with Crippen molar-refractivity contribution in [3.05, 3.63) is 35.0 Å². The van der Waals surface area contributed by atoms with E-state index in [1.165, 1.54) is 29.1 Å². The number of carbonyl (C=O) groups excluding carboxylic acids is 2. The number of nitrogens with zero attached hydrogens (tertiary/aromatic N) is 2. The van der Waals surface area contributed by atoms with E-state index in [-0.39, 0.29) is 34.5 Å². The van der Waals surface area contributed by atoms with Gasteiger partial charge in [0, 0.05) is 12.1 Å². The zero-order chi connectivity index (χ0) is 22.4. The van der Waals surface area contributed by atoms with Gasteiger partial charge in [0.05, 0.1) is 22.3 Å². The average molecular weight is 441 g/mol. The van der Waals surface area contributed by atoms with Crippen molar-refractivity contribution in [3.63, 3.8) is 0 Å². The Bertz CT molecular complexity index is 860. The minimum Gasteiger partial charge on any atom is -0.434 e. The van der Waals surface area contributed by atoms with Crippen LogP contribution in [-0.4, -0.2) is 28.7 Å². The first kappa shape index (κ1) is 24.6. The van der Waals surface area contributed by atoms with Crippen LogP contribution in [0, 0.1) is 5.41 Å². The maximum Gasteiger partial charge on any atom is 0.394 e. The molecule has 0 N–H and O–H groups in total. The first-order chi connectivity index (χ1) is 13.4. The molecule has 11 heteroatoms. The van der Waals surface area contributed by atoms with Gasteiger partial charge < -0.3 is 4.74 Å². The van der Waals surface area contributed by atoms with Crippen molar-refractivity contribution >= 4 is 17.8 Å². The predicted octanol–water partition coefficient (Wildman–Crippen LogP) is 5.37. The standard InChI is InChI=1S/C17H18ClF5N2O.CO2/c1-4-25-14(12(18)9-24-25)11-6-5-10(7-13(11)26-15(19)20)8-16(2,3)17(21,22)23;2-1-3/h5-7,9,15H,4,8H2,1-3H3;. The molecule has 2 rings (SSSR count). The van der Waals surface area contributed by atoms with E-state index in [0.717, 1.165) is 13.8 Å². The lowest BCUT2D eigenvalue weighted by atomic mass is 9.84. The molecule has 0 fully saturated rings. The van der Waals surface area contributed by atoms with Crippen LogP contribution in [0.4, 0.5) is 22.0 Å². The summed E-state index contributed by atoms with van der Waals surface area (Å²) in [6, 6.07) is 4.07. The maximum absolute atomic E-state index is 13.1. The Labute approximate surface area is 168 Å². The van der Waals surface area contributed by atoms with Crippen molar-refractivity contribution in [3.8, 4) is 17.0 Å². The summed E-state index contributed by atoms with van der Waals surface area (Å²) < 4.78 is 71.0. The van der Waals surface area contributed by atoms with Gasteiger partial charge in [-0.05, 0) is 31.0 Å². The number of aromatic nitrogens is 2. The zero-order valence-electron chi connectivity index (χ0n) is 15.7. The minimum atomic E-state index is -4.43. The normalized spacial score (nSPS) is 11.7. The summed E-state index contributed by atoms with van der Waals surface area (Å²) in [7, 11) is 0. The van der Waals surface area contributed by atoms with Gasteiger partial charge in [0.1, 0.15) is 5.75 Å². The molecule has 160 valence electrons. The Morgan fingerprint density at radius 2 is 1.83 bits per heavy atom. The molecule has 0 atom stereocenters. The van der Waals surface area contributed by atoms with Crippen LogP contribution in [0.15, 0.2) is 24.4 Å². The monoisotopic (exact) mass is 440 g/mol. The molecule has 0 saturated carbocycles. The molecular formula is C18H18ClF5N2O3. The first-order valence-electron chi connectivity index (χ1n) is 8.23. The van der Waals surface area contributed by atoms with Crippen molar-refractivity contribution in [2.24, 2.45) is 5.41 Å². The van der Waals surface area contributed by atoms with Crippen LogP contribution in [-0.2, 0) is 22.6 Å². The molecule has 0 radical (unpaired) electrons. The van der Waals surface area contributed by atoms with Gasteiger partial charge >= 0.3 is 18.9 Å². The Kier molecular flexibility index (Phi) is 8.35. The maximum atomic E-state index is 13.1. The van der Waals surface area contributed by atoms with Crippen LogP contribution in [0.5, 0.6) is 5.75 Å². The number of rotatable bonds is 6. The molecule has 0 aliphatic heterocycles. The van der Waals surface area contributed by atoms with E-state index in [9.17, 15) is 22.0 Å². The van der Waals surface area contributed by atoms with Gasteiger partial charge in [-0.15, -0.1) is 0 Å². The van der Waals surface area contributed by atoms with Crippen LogP contribution >= 0.6 is 11.6 Å². The van der Waals surface area contributed by atoms with E-state index in [2.05, 4.69) is 9.84 Å². The van der Waals surface area contributed by atoms with Gasteiger partial charge in [0.2, 0.25) is 0 Å². The molecule has 0 unspecified atom stereocenters. The summed E-state index contributed by atoms with van der Waals surface area (Å²) >= 11 is 6.10. The number of benzene rings is 1. The molecule has 0 aliphatic carbocycles. The highest BCUT2D eigenvalue weighted by molar-refractivity contribution is 6.33. The molecule has 1 aromatic carbocycles. The Balaban J connectivity index is 0.00000132. The second-order valence-electron chi connectivity index (χ2n) is 6.51. The lowest BCUT2D eigenvalue weighted by Crippen LogP contribution is -2.34. The largest absolute Gasteiger partial charge is 0.434 e. The fourth-order valence-electron chi connectivity index (χ4n) is 2.55. The highest BCUT2D eigenvalue weighted by Crippen LogP contribution is 2.42. The fourth-order valence-corrected chi connectivity index (χ4v) is 2.79. The van der Waals surface area contributed by atoms with Crippen LogP contribution < -0.4 is 4.74 Å². The van der Waals surface area contributed by atoms with Gasteiger partial charge in [-0.25, -0.2) is 0 Å². The van der Waals surface area contributed by atoms with E-state index in [4.69, 9.17) is 21.2 Å². The average Bonchev–Trinajstić information content (AvgIpc) is 2.94. The summed E-state index contributed by atoms with van der Waals surface area (Å²) in [6.45, 7) is 1.20. The third-order valence-corrected chi connectivity index (χ3v) is 4.30. The predicted molar refractivity (Wildman–Crippen MR) is 93.5 cm³/mol. The second kappa shape index (κ2) is 9.84. The minimum absolute atomic E-state index is 0.227. The molecule has 29 heavy (non-hydrogen) atoms. The number of aryl methyl sites for hydroxylation is 1. The molecule has 0 aliphatic rings. The first-order valence-corrected chi connectivity index (χ1v) is 8.61. The lowest BCUT2D eigenvalue weighted by molar-refractivity contribution is -0.211. The highest BCUT2D eigenvalue weighted by atomic mass is 35.5. The topological polar surface area (TPSA) is 61.2 Å². The SMILES string of the molecule is CCn1ncc(Cl)c1-c1ccc(CC(C)(C)C(F)(F)F)cc1OC(F)F.O=C=O. The van der Waals surface area contributed by atoms with Gasteiger partial charge in [-0.3, -0.25) is 4.68 Å². The molecule has 1 heterocycles. The number of halogens is 6. The number of ether oxygens (including phenoxy) is 1. The molecule has 1 aromatic heterocycles. The molecule has 0 saturated heterocycles. The molecule has 0 bridgehead atoms. The second-order valence-corrected chi connectivity index (χ2v) is 6.91. The van der Waals surface area contributed by atoms with Crippen molar-refractivity contribution in [2.45, 2.75) is 46.5 Å². The summed E-state index contributed by atoms with van der Waals surface area (Å²) in [6.07, 6.45) is -3.19. The van der Waals surface area contributed by atoms with Crippen LogP contribution in [0.25, 0.3) is 11.3 Å². The Morgan fingerprint density at radius 1 is 1.24 bits per heavy atom. The molecule has 2 aromatic rings. The van der Waals surface area contributed by atoms with Crippen molar-refractivity contribution in [2.75, 3.05) is 0 Å². The Morgan fingerprint density at radius 3 is 2.31 bits per heavy atom. The number of alkyl halides is 5. The lowest BCUT2D eigenvalue weighted by Gasteiger charge is -2.28. The summed E-state index contributed by atoms with van der Waals surface area (Å²) in [5.41, 5.74) is -1.18. The van der Waals surface area contributed by atoms with E-state index in [1.54, 1.807) is 6.92 Å². The van der Waals surface area contributed by atoms with E-state index in [0.29, 0.717) is 12.2 Å². The van der Waals surface area contributed by atoms with Crippen LogP contribution in [0.2, 0.25) is 5.02 Å². The number of hydrogen-bond donors (Lipinski definition) is 0. The molecule has 5 nitrogen and oxygen atoms in total. The van der Waals surface area contributed by atoms with Crippen molar-refractivity contribution in [1.82, 2.24) is 9.78 Å². The fraction of sp³-hybridized carbons (Fsp3) is 0.444. The van der Waals surface area contributed by atoms with Crippen molar-refractivity contribution < 1.29 is 36.3 Å². The zero-order valence-corrected chi connectivity index (χ0v) is 16.4. The Hall–Kier alpha value is -2.45. The van der Waals surface area contributed by atoms with Crippen LogP contribution in [0.1, 0.15) is 26.3 Å². The summed E-state index contributed by atoms with van der Waals surface area (Å²) in [4.78, 5) is 16.2. The van der Waals surface area contributed by atoms with Crippen LogP contribution in [0.3, 0.4) is 0 Å². The van der Waals surface area contributed by atoms with Crippen molar-refractivity contribution in [1.29, 1.82) is 0 Å². The molecular weight excluding hydrogens is 423 g/mol. The summed E-state index contributed by atoms with van der Waals surface area (Å²) in [5, 5.41) is 4.27. The quantitative estimate of drug-likeness (QED) is 0.566.